The lowest BCUT2D eigenvalue weighted by Gasteiger charge is -2.16. The molecule has 2 N–H and O–H groups in total. The first-order valence-electron chi connectivity index (χ1n) is 6.12. The van der Waals surface area contributed by atoms with Gasteiger partial charge >= 0.3 is 18.1 Å². The van der Waals surface area contributed by atoms with E-state index >= 15 is 0 Å². The van der Waals surface area contributed by atoms with Gasteiger partial charge in [0, 0.05) is 6.42 Å². The zero-order chi connectivity index (χ0) is 16.8. The number of halogens is 4. The van der Waals surface area contributed by atoms with Crippen LogP contribution in [0.3, 0.4) is 0 Å². The van der Waals surface area contributed by atoms with Crippen molar-refractivity contribution in [3.63, 3.8) is 0 Å². The molecule has 1 aromatic rings. The van der Waals surface area contributed by atoms with Crippen LogP contribution in [-0.4, -0.2) is 42.5 Å². The number of hydrogen-bond acceptors (Lipinski definition) is 3. The number of rotatable bonds is 7. The summed E-state index contributed by atoms with van der Waals surface area (Å²) in [6.45, 7) is -0.814. The maximum atomic E-state index is 12.1. The summed E-state index contributed by atoms with van der Waals surface area (Å²) in [5, 5.41) is 10.3. The number of ether oxygens (including phenoxy) is 1. The summed E-state index contributed by atoms with van der Waals surface area (Å²) in [7, 11) is 0. The normalized spacial score (nSPS) is 12.5. The highest BCUT2D eigenvalue weighted by Crippen LogP contribution is 2.16. The fraction of sp³-hybridized carbons (Fsp3) is 0.385. The molecule has 0 heterocycles. The second kappa shape index (κ2) is 7.62. The first kappa shape index (κ1) is 17.7. The fourth-order valence-electron chi connectivity index (χ4n) is 1.55. The van der Waals surface area contributed by atoms with E-state index in [4.69, 9.17) is 9.84 Å². The number of alkyl halides is 4. The predicted octanol–water partition coefficient (Wildman–Crippen LogP) is 1.71. The summed E-state index contributed by atoms with van der Waals surface area (Å²) >= 11 is 0. The van der Waals surface area contributed by atoms with E-state index in [1.165, 1.54) is 29.6 Å². The maximum Gasteiger partial charge on any atom is 0.471 e. The molecule has 122 valence electrons. The molecule has 0 radical (unpaired) electrons. The second-order valence-corrected chi connectivity index (χ2v) is 4.25. The SMILES string of the molecule is O=C(O)[C@H](Cc1ccc(OCCF)cc1)NC(=O)C(F)(F)F. The van der Waals surface area contributed by atoms with Gasteiger partial charge in [-0.3, -0.25) is 4.79 Å². The molecule has 0 saturated heterocycles. The van der Waals surface area contributed by atoms with Gasteiger partial charge in [-0.2, -0.15) is 13.2 Å². The van der Waals surface area contributed by atoms with Crippen LogP contribution in [0, 0.1) is 0 Å². The molecule has 0 aromatic heterocycles. The van der Waals surface area contributed by atoms with Gasteiger partial charge in [0.2, 0.25) is 0 Å². The molecule has 0 aliphatic rings. The number of carboxylic acid groups (broad SMARTS) is 1. The number of nitrogens with one attached hydrogen (secondary N) is 1. The van der Waals surface area contributed by atoms with Crippen LogP contribution >= 0.6 is 0 Å². The Bertz CT molecular complexity index is 516. The van der Waals surface area contributed by atoms with Gasteiger partial charge in [-0.25, -0.2) is 9.18 Å². The van der Waals surface area contributed by atoms with E-state index in [1.54, 1.807) is 0 Å². The maximum absolute atomic E-state index is 12.1. The molecule has 1 atom stereocenters. The topological polar surface area (TPSA) is 75.6 Å². The Morgan fingerprint density at radius 2 is 1.82 bits per heavy atom. The monoisotopic (exact) mass is 323 g/mol. The lowest BCUT2D eigenvalue weighted by molar-refractivity contribution is -0.175. The Morgan fingerprint density at radius 3 is 2.27 bits per heavy atom. The molecule has 0 aliphatic carbocycles. The van der Waals surface area contributed by atoms with Crippen LogP contribution in [0.5, 0.6) is 5.75 Å². The van der Waals surface area contributed by atoms with Crippen molar-refractivity contribution >= 4 is 11.9 Å². The first-order valence-corrected chi connectivity index (χ1v) is 6.12. The number of carbonyl (C=O) groups is 2. The number of hydrogen-bond donors (Lipinski definition) is 2. The molecule has 1 rings (SSSR count). The van der Waals surface area contributed by atoms with E-state index in [0.29, 0.717) is 11.3 Å². The van der Waals surface area contributed by atoms with Gasteiger partial charge in [0.05, 0.1) is 0 Å². The predicted molar refractivity (Wildman–Crippen MR) is 67.2 cm³/mol. The van der Waals surface area contributed by atoms with Gasteiger partial charge in [-0.05, 0) is 17.7 Å². The van der Waals surface area contributed by atoms with Gasteiger partial charge in [-0.15, -0.1) is 0 Å². The average Bonchev–Trinajstić information content (AvgIpc) is 2.44. The fourth-order valence-corrected chi connectivity index (χ4v) is 1.55. The van der Waals surface area contributed by atoms with Crippen LogP contribution in [0.25, 0.3) is 0 Å². The molecule has 0 unspecified atom stereocenters. The highest BCUT2D eigenvalue weighted by Gasteiger charge is 2.40. The third-order valence-corrected chi connectivity index (χ3v) is 2.57. The molecular weight excluding hydrogens is 310 g/mol. The molecule has 9 heteroatoms. The van der Waals surface area contributed by atoms with Gasteiger partial charge in [-0.1, -0.05) is 12.1 Å². The lowest BCUT2D eigenvalue weighted by atomic mass is 10.1. The summed E-state index contributed by atoms with van der Waals surface area (Å²) in [4.78, 5) is 21.7. The number of amides is 1. The zero-order valence-electron chi connectivity index (χ0n) is 11.2. The Hall–Kier alpha value is -2.32. The Kier molecular flexibility index (Phi) is 6.14. The Morgan fingerprint density at radius 1 is 1.23 bits per heavy atom. The van der Waals surface area contributed by atoms with E-state index in [0.717, 1.165) is 0 Å². The summed E-state index contributed by atoms with van der Waals surface area (Å²) in [6, 6.07) is 3.98. The van der Waals surface area contributed by atoms with Crippen molar-refractivity contribution in [3.05, 3.63) is 29.8 Å². The molecular formula is C13H13F4NO4. The standard InChI is InChI=1S/C13H13F4NO4/c14-5-6-22-9-3-1-8(2-4-9)7-10(11(19)20)18-12(21)13(15,16)17/h1-4,10H,5-7H2,(H,18,21)(H,19,20)/t10-/m0/s1. The van der Waals surface area contributed by atoms with Gasteiger partial charge in [0.1, 0.15) is 25.1 Å². The van der Waals surface area contributed by atoms with E-state index < -0.39 is 30.8 Å². The largest absolute Gasteiger partial charge is 0.491 e. The van der Waals surface area contributed by atoms with Crippen molar-refractivity contribution in [3.8, 4) is 5.75 Å². The average molecular weight is 323 g/mol. The number of benzene rings is 1. The highest BCUT2D eigenvalue weighted by atomic mass is 19.4. The van der Waals surface area contributed by atoms with Crippen molar-refractivity contribution in [2.75, 3.05) is 13.3 Å². The summed E-state index contributed by atoms with van der Waals surface area (Å²) < 4.78 is 53.3. The van der Waals surface area contributed by atoms with Crippen molar-refractivity contribution in [1.82, 2.24) is 5.32 Å². The van der Waals surface area contributed by atoms with Crippen LogP contribution in [0.2, 0.25) is 0 Å². The number of aliphatic carboxylic acids is 1. The molecule has 0 spiro atoms. The summed E-state index contributed by atoms with van der Waals surface area (Å²) in [6.07, 6.45) is -5.49. The molecule has 1 aromatic carbocycles. The molecule has 0 aliphatic heterocycles. The lowest BCUT2D eigenvalue weighted by Crippen LogP contribution is -2.47. The van der Waals surface area contributed by atoms with Crippen molar-refractivity contribution in [1.29, 1.82) is 0 Å². The summed E-state index contributed by atoms with van der Waals surface area (Å²) in [5.41, 5.74) is 0.377. The minimum atomic E-state index is -5.15. The minimum Gasteiger partial charge on any atom is -0.491 e. The molecule has 5 nitrogen and oxygen atoms in total. The van der Waals surface area contributed by atoms with Crippen molar-refractivity contribution in [2.24, 2.45) is 0 Å². The molecule has 0 saturated carbocycles. The van der Waals surface area contributed by atoms with E-state index in [9.17, 15) is 27.2 Å². The second-order valence-electron chi connectivity index (χ2n) is 4.25. The zero-order valence-corrected chi connectivity index (χ0v) is 11.2. The van der Waals surface area contributed by atoms with Crippen LogP contribution in [-0.2, 0) is 16.0 Å². The minimum absolute atomic E-state index is 0.140. The first-order chi connectivity index (χ1) is 10.2. The van der Waals surface area contributed by atoms with Crippen LogP contribution in [0.1, 0.15) is 5.56 Å². The van der Waals surface area contributed by atoms with E-state index in [-0.39, 0.29) is 13.0 Å². The highest BCUT2D eigenvalue weighted by molar-refractivity contribution is 5.87. The number of carbonyl (C=O) groups excluding carboxylic acids is 1. The van der Waals surface area contributed by atoms with Crippen molar-refractivity contribution in [2.45, 2.75) is 18.6 Å². The molecule has 0 bridgehead atoms. The van der Waals surface area contributed by atoms with Crippen LogP contribution < -0.4 is 10.1 Å². The Labute approximate surface area is 122 Å². The van der Waals surface area contributed by atoms with Gasteiger partial charge < -0.3 is 15.2 Å². The third kappa shape index (κ3) is 5.58. The van der Waals surface area contributed by atoms with Crippen molar-refractivity contribution < 1.29 is 37.0 Å². The smallest absolute Gasteiger partial charge is 0.471 e. The van der Waals surface area contributed by atoms with Crippen LogP contribution in [0.4, 0.5) is 17.6 Å². The van der Waals surface area contributed by atoms with Gasteiger partial charge in [0.25, 0.3) is 0 Å². The molecule has 0 fully saturated rings. The quantitative estimate of drug-likeness (QED) is 0.749. The van der Waals surface area contributed by atoms with E-state index in [1.807, 2.05) is 0 Å². The summed E-state index contributed by atoms with van der Waals surface area (Å²) in [5.74, 6) is -3.56. The molecule has 22 heavy (non-hydrogen) atoms. The van der Waals surface area contributed by atoms with E-state index in [2.05, 4.69) is 0 Å². The van der Waals surface area contributed by atoms with Gasteiger partial charge in [0.15, 0.2) is 0 Å². The van der Waals surface area contributed by atoms with Crippen LogP contribution in [0.15, 0.2) is 24.3 Å². The third-order valence-electron chi connectivity index (χ3n) is 2.57. The Balaban J connectivity index is 2.71. The number of carboxylic acids is 1. The molecule has 1 amide bonds.